The molecule has 6 nitrogen and oxygen atoms in total. The van der Waals surface area contributed by atoms with Crippen molar-refractivity contribution in [3.63, 3.8) is 0 Å². The molecular weight excluding hydrogens is 422 g/mol. The van der Waals surface area contributed by atoms with Crippen LogP contribution in [0.4, 0.5) is 20.2 Å². The fourth-order valence-electron chi connectivity index (χ4n) is 2.74. The van der Waals surface area contributed by atoms with E-state index >= 15 is 0 Å². The summed E-state index contributed by atoms with van der Waals surface area (Å²) in [5, 5.41) is 4.88. The molecule has 0 fully saturated rings. The van der Waals surface area contributed by atoms with Gasteiger partial charge in [0.25, 0.3) is 0 Å². The molecule has 29 heavy (non-hydrogen) atoms. The highest BCUT2D eigenvalue weighted by Gasteiger charge is 2.25. The van der Waals surface area contributed by atoms with E-state index in [1.54, 1.807) is 6.07 Å². The van der Waals surface area contributed by atoms with E-state index in [0.717, 1.165) is 23.1 Å². The highest BCUT2D eigenvalue weighted by atomic mass is 32.2. The third kappa shape index (κ3) is 5.13. The summed E-state index contributed by atoms with van der Waals surface area (Å²) in [6, 6.07) is 7.02. The Bertz CT molecular complexity index is 1070. The van der Waals surface area contributed by atoms with Gasteiger partial charge in [-0.1, -0.05) is 6.92 Å². The van der Waals surface area contributed by atoms with E-state index in [-0.39, 0.29) is 16.5 Å². The number of fused-ring (bicyclic) bond motifs is 1. The Morgan fingerprint density at radius 2 is 2.00 bits per heavy atom. The minimum absolute atomic E-state index is 0.0318. The van der Waals surface area contributed by atoms with Crippen LogP contribution in [0.25, 0.3) is 0 Å². The standard InChI is InChI=1S/C19H18F2N2O4S2/c1-11(19(25)23-15-8-12(20)2-4-14(15)21)10-29(26,27)13-3-5-17-16(9-13)22-18(24)6-7-28-17/h2-5,8-9,11H,6-7,10H2,1H3,(H,22,24)(H,23,25). The number of sulfone groups is 1. The fourth-order valence-corrected chi connectivity index (χ4v) is 5.25. The minimum atomic E-state index is -3.87. The zero-order valence-corrected chi connectivity index (χ0v) is 17.0. The van der Waals surface area contributed by atoms with Crippen molar-refractivity contribution in [1.82, 2.24) is 0 Å². The van der Waals surface area contributed by atoms with Crippen molar-refractivity contribution in [3.05, 3.63) is 48.0 Å². The first-order valence-corrected chi connectivity index (χ1v) is 11.3. The topological polar surface area (TPSA) is 92.3 Å². The number of hydrogen-bond acceptors (Lipinski definition) is 5. The van der Waals surface area contributed by atoms with Gasteiger partial charge in [0.1, 0.15) is 11.6 Å². The van der Waals surface area contributed by atoms with Crippen LogP contribution in [-0.4, -0.2) is 31.7 Å². The van der Waals surface area contributed by atoms with Crippen molar-refractivity contribution < 1.29 is 26.8 Å². The quantitative estimate of drug-likeness (QED) is 0.743. The van der Waals surface area contributed by atoms with Crippen molar-refractivity contribution >= 4 is 44.8 Å². The fraction of sp³-hybridized carbons (Fsp3) is 0.263. The Kier molecular flexibility index (Phi) is 6.23. The lowest BCUT2D eigenvalue weighted by Gasteiger charge is -2.14. The minimum Gasteiger partial charge on any atom is -0.325 e. The van der Waals surface area contributed by atoms with Crippen molar-refractivity contribution in [2.75, 3.05) is 22.1 Å². The third-order valence-corrected chi connectivity index (χ3v) is 7.26. The number of anilines is 2. The third-order valence-electron chi connectivity index (χ3n) is 4.27. The van der Waals surface area contributed by atoms with Crippen LogP contribution in [0.2, 0.25) is 0 Å². The number of rotatable bonds is 5. The first-order valence-electron chi connectivity index (χ1n) is 8.71. The maximum Gasteiger partial charge on any atom is 0.228 e. The molecule has 2 amide bonds. The zero-order chi connectivity index (χ0) is 21.2. The molecule has 1 aliphatic rings. The van der Waals surface area contributed by atoms with E-state index in [1.165, 1.54) is 30.8 Å². The molecule has 2 aromatic carbocycles. The molecule has 0 bridgehead atoms. The normalized spacial score (nSPS) is 15.1. The second kappa shape index (κ2) is 8.50. The van der Waals surface area contributed by atoms with Crippen LogP contribution in [0.5, 0.6) is 0 Å². The van der Waals surface area contributed by atoms with Gasteiger partial charge in [-0.3, -0.25) is 9.59 Å². The van der Waals surface area contributed by atoms with Gasteiger partial charge in [-0.15, -0.1) is 11.8 Å². The second-order valence-corrected chi connectivity index (χ2v) is 9.77. The number of hydrogen-bond donors (Lipinski definition) is 2. The zero-order valence-electron chi connectivity index (χ0n) is 15.4. The number of amides is 2. The van der Waals surface area contributed by atoms with E-state index in [2.05, 4.69) is 10.6 Å². The molecule has 0 radical (unpaired) electrons. The average Bonchev–Trinajstić information content (AvgIpc) is 2.84. The number of nitrogens with one attached hydrogen (secondary N) is 2. The van der Waals surface area contributed by atoms with Crippen molar-refractivity contribution in [3.8, 4) is 0 Å². The van der Waals surface area contributed by atoms with Crippen molar-refractivity contribution in [2.24, 2.45) is 5.92 Å². The lowest BCUT2D eigenvalue weighted by Crippen LogP contribution is -2.27. The Hall–Kier alpha value is -2.46. The van der Waals surface area contributed by atoms with Crippen LogP contribution in [-0.2, 0) is 19.4 Å². The van der Waals surface area contributed by atoms with Crippen molar-refractivity contribution in [1.29, 1.82) is 0 Å². The monoisotopic (exact) mass is 440 g/mol. The highest BCUT2D eigenvalue weighted by molar-refractivity contribution is 7.99. The maximum absolute atomic E-state index is 13.7. The van der Waals surface area contributed by atoms with Crippen LogP contribution < -0.4 is 10.6 Å². The number of carbonyl (C=O) groups is 2. The molecule has 10 heteroatoms. The molecule has 0 aromatic heterocycles. The van der Waals surface area contributed by atoms with Crippen LogP contribution in [0, 0.1) is 17.6 Å². The summed E-state index contributed by atoms with van der Waals surface area (Å²) in [4.78, 5) is 24.7. The van der Waals surface area contributed by atoms with E-state index in [1.807, 2.05) is 0 Å². The average molecular weight is 440 g/mol. The first kappa shape index (κ1) is 21.3. The Balaban J connectivity index is 1.75. The Morgan fingerprint density at radius 1 is 1.24 bits per heavy atom. The first-order chi connectivity index (χ1) is 13.7. The van der Waals surface area contributed by atoms with E-state index in [0.29, 0.717) is 17.9 Å². The molecule has 3 rings (SSSR count). The number of carbonyl (C=O) groups excluding carboxylic acids is 2. The summed E-state index contributed by atoms with van der Waals surface area (Å²) in [6.45, 7) is 1.38. The number of halogens is 2. The summed E-state index contributed by atoms with van der Waals surface area (Å²) in [5.74, 6) is -3.47. The van der Waals surface area contributed by atoms with E-state index in [9.17, 15) is 26.8 Å². The number of benzene rings is 2. The van der Waals surface area contributed by atoms with Gasteiger partial charge in [0.15, 0.2) is 9.84 Å². The maximum atomic E-state index is 13.7. The van der Waals surface area contributed by atoms with Crippen molar-refractivity contribution in [2.45, 2.75) is 23.1 Å². The summed E-state index contributed by atoms with van der Waals surface area (Å²) >= 11 is 1.45. The lowest BCUT2D eigenvalue weighted by molar-refractivity contribution is -0.119. The van der Waals surface area contributed by atoms with Gasteiger partial charge in [-0.25, -0.2) is 17.2 Å². The van der Waals surface area contributed by atoms with Gasteiger partial charge in [0.05, 0.1) is 22.0 Å². The SMILES string of the molecule is CC(CS(=O)(=O)c1ccc2c(c1)NC(=O)CCS2)C(=O)Nc1cc(F)ccc1F. The molecule has 0 saturated heterocycles. The summed E-state index contributed by atoms with van der Waals surface area (Å²) in [5.41, 5.74) is 0.0570. The summed E-state index contributed by atoms with van der Waals surface area (Å²) in [6.07, 6.45) is 0.329. The molecular formula is C19H18F2N2O4S2. The predicted octanol–water partition coefficient (Wildman–Crippen LogP) is 3.45. The Morgan fingerprint density at radius 3 is 2.76 bits per heavy atom. The molecule has 1 atom stereocenters. The predicted molar refractivity (Wildman–Crippen MR) is 107 cm³/mol. The van der Waals surface area contributed by atoms with Crippen LogP contribution in [0.15, 0.2) is 46.2 Å². The summed E-state index contributed by atoms with van der Waals surface area (Å²) in [7, 11) is -3.87. The molecule has 2 N–H and O–H groups in total. The molecule has 2 aromatic rings. The van der Waals surface area contributed by atoms with Gasteiger partial charge in [0.2, 0.25) is 11.8 Å². The highest BCUT2D eigenvalue weighted by Crippen LogP contribution is 2.33. The molecule has 154 valence electrons. The molecule has 0 saturated carbocycles. The Labute approximate surface area is 171 Å². The van der Waals surface area contributed by atoms with Gasteiger partial charge in [-0.2, -0.15) is 0 Å². The van der Waals surface area contributed by atoms with Crippen LogP contribution in [0.1, 0.15) is 13.3 Å². The van der Waals surface area contributed by atoms with Crippen LogP contribution >= 0.6 is 11.8 Å². The summed E-state index contributed by atoms with van der Waals surface area (Å²) < 4.78 is 52.4. The van der Waals surface area contributed by atoms with Gasteiger partial charge >= 0.3 is 0 Å². The molecule has 1 heterocycles. The smallest absolute Gasteiger partial charge is 0.228 e. The van der Waals surface area contributed by atoms with E-state index < -0.39 is 39.0 Å². The lowest BCUT2D eigenvalue weighted by atomic mass is 10.2. The molecule has 1 unspecified atom stereocenters. The van der Waals surface area contributed by atoms with Crippen LogP contribution in [0.3, 0.4) is 0 Å². The van der Waals surface area contributed by atoms with Gasteiger partial charge < -0.3 is 10.6 Å². The molecule has 0 spiro atoms. The van der Waals surface area contributed by atoms with Gasteiger partial charge in [-0.05, 0) is 30.3 Å². The second-order valence-electron chi connectivity index (χ2n) is 6.60. The molecule has 1 aliphatic heterocycles. The number of thioether (sulfide) groups is 1. The molecule has 0 aliphatic carbocycles. The van der Waals surface area contributed by atoms with E-state index in [4.69, 9.17) is 0 Å². The largest absolute Gasteiger partial charge is 0.325 e. The van der Waals surface area contributed by atoms with Gasteiger partial charge in [0, 0.05) is 29.1 Å².